The summed E-state index contributed by atoms with van der Waals surface area (Å²) < 4.78 is 23.6. The Morgan fingerprint density at radius 1 is 0.537 bits per heavy atom. The molecule has 0 heterocycles. The maximum absolute atomic E-state index is 13.0. The molecule has 9 nitrogen and oxygen atoms in total. The number of nitrogens with one attached hydrogen (secondary N) is 1. The normalized spacial score (nSPS) is 15.3. The van der Waals surface area contributed by atoms with Gasteiger partial charge in [-0.2, -0.15) is 0 Å². The predicted molar refractivity (Wildman–Crippen MR) is 287 cm³/mol. The average Bonchev–Trinajstić information content (AvgIpc) is 3.29. The number of unbranched alkanes of at least 4 members (excludes halogenated alkanes) is 17. The van der Waals surface area contributed by atoms with E-state index in [0.29, 0.717) is 30.3 Å². The number of hydrogen-bond acceptors (Lipinski definition) is 6. The van der Waals surface area contributed by atoms with Crippen LogP contribution in [-0.4, -0.2) is 84.6 Å². The number of carbonyl (C=O) groups is 1. The topological polar surface area (TPSA) is 125 Å². The molecule has 4 unspecified atom stereocenters. The van der Waals surface area contributed by atoms with Crippen LogP contribution in [0.5, 0.6) is 0 Å². The number of aliphatic hydroxyl groups excluding tert-OH is 2. The average molecular weight is 958 g/mol. The Morgan fingerprint density at radius 2 is 0.925 bits per heavy atom. The zero-order chi connectivity index (χ0) is 49.4. The standard InChI is InChI=1S/C57H101N2O7P/c1-6-8-10-12-14-16-18-20-21-22-23-24-25-26-27-28-29-30-31-32-33-34-35-36-37-38-40-42-44-46-48-50-56(61)58-54(53-66-67(63,64)65-52-51-59(3,4)5)57(62)55(60)49-47-45-43-41-39-19-17-15-13-11-9-7-2/h8,10,14,16,20-21,23-24,26-27,29-30,32-33,41,43,54-55,57,60,62H,6-7,9,11-13,15,17-19,22,25,28,31,34-40,42,44-53H2,1-5H3,(H-,58,61,63,64)/p+1/b10-8-,16-14-,21-20-,24-23-,27-26-,30-29-,33-32-,43-41+. The number of amides is 1. The monoisotopic (exact) mass is 958 g/mol. The highest BCUT2D eigenvalue weighted by molar-refractivity contribution is 7.47. The first kappa shape index (κ1) is 64.4. The van der Waals surface area contributed by atoms with E-state index in [9.17, 15) is 24.5 Å². The Labute approximate surface area is 411 Å². The quantitative estimate of drug-likeness (QED) is 0.0207. The summed E-state index contributed by atoms with van der Waals surface area (Å²) in [5, 5.41) is 24.7. The molecular weight excluding hydrogens is 856 g/mol. The number of allylic oxidation sites excluding steroid dienone is 16. The maximum atomic E-state index is 13.0. The molecule has 386 valence electrons. The van der Waals surface area contributed by atoms with Gasteiger partial charge < -0.3 is 24.9 Å². The van der Waals surface area contributed by atoms with E-state index in [2.05, 4.69) is 116 Å². The fourth-order valence-corrected chi connectivity index (χ4v) is 7.92. The molecule has 0 spiro atoms. The number of hydrogen-bond donors (Lipinski definition) is 4. The molecule has 0 aliphatic heterocycles. The molecule has 0 saturated heterocycles. The first-order chi connectivity index (χ1) is 32.4. The second-order valence-electron chi connectivity index (χ2n) is 19.0. The van der Waals surface area contributed by atoms with Crippen molar-refractivity contribution in [2.75, 3.05) is 40.9 Å². The van der Waals surface area contributed by atoms with E-state index in [-0.39, 0.29) is 18.9 Å². The number of carbonyl (C=O) groups excluding carboxylic acids is 1. The van der Waals surface area contributed by atoms with Crippen LogP contribution in [0.25, 0.3) is 0 Å². The third kappa shape index (κ3) is 48.2. The third-order valence-corrected chi connectivity index (χ3v) is 12.4. The lowest BCUT2D eigenvalue weighted by atomic mass is 10.0. The van der Waals surface area contributed by atoms with Crippen LogP contribution < -0.4 is 5.32 Å². The van der Waals surface area contributed by atoms with E-state index in [0.717, 1.165) is 83.5 Å². The van der Waals surface area contributed by atoms with Gasteiger partial charge in [0.15, 0.2) is 0 Å². The Balaban J connectivity index is 4.29. The molecular formula is C57H102N2O7P+. The summed E-state index contributed by atoms with van der Waals surface area (Å²) in [5.74, 6) is -0.279. The van der Waals surface area contributed by atoms with Crippen LogP contribution in [0.4, 0.5) is 0 Å². The zero-order valence-electron chi connectivity index (χ0n) is 43.5. The summed E-state index contributed by atoms with van der Waals surface area (Å²) >= 11 is 0. The lowest BCUT2D eigenvalue weighted by Gasteiger charge is -2.28. The van der Waals surface area contributed by atoms with Crippen LogP contribution in [0.1, 0.15) is 200 Å². The maximum Gasteiger partial charge on any atom is 0.472 e. The summed E-state index contributed by atoms with van der Waals surface area (Å²) in [6, 6.07) is -1.06. The first-order valence-corrected chi connectivity index (χ1v) is 28.2. The third-order valence-electron chi connectivity index (χ3n) is 11.4. The van der Waals surface area contributed by atoms with Crippen molar-refractivity contribution in [2.45, 2.75) is 218 Å². The molecule has 0 radical (unpaired) electrons. The number of rotatable bonds is 47. The van der Waals surface area contributed by atoms with E-state index in [1.54, 1.807) is 0 Å². The second-order valence-corrected chi connectivity index (χ2v) is 20.5. The van der Waals surface area contributed by atoms with Crippen LogP contribution in [0, 0.1) is 0 Å². The van der Waals surface area contributed by atoms with Gasteiger partial charge in [-0.05, 0) is 96.3 Å². The minimum absolute atomic E-state index is 0.0103. The molecule has 0 saturated carbocycles. The molecule has 1 amide bonds. The molecule has 0 aromatic rings. The van der Waals surface area contributed by atoms with Crippen molar-refractivity contribution in [3.05, 3.63) is 97.2 Å². The van der Waals surface area contributed by atoms with Crippen LogP contribution in [0.2, 0.25) is 0 Å². The summed E-state index contributed by atoms with van der Waals surface area (Å²) in [6.07, 6.45) is 63.4. The molecule has 0 aliphatic carbocycles. The van der Waals surface area contributed by atoms with Crippen molar-refractivity contribution in [2.24, 2.45) is 0 Å². The highest BCUT2D eigenvalue weighted by Crippen LogP contribution is 2.43. The van der Waals surface area contributed by atoms with Gasteiger partial charge in [-0.1, -0.05) is 195 Å². The number of phosphoric acid groups is 1. The number of nitrogens with zero attached hydrogens (tertiary/aromatic N) is 1. The van der Waals surface area contributed by atoms with Crippen molar-refractivity contribution >= 4 is 13.7 Å². The van der Waals surface area contributed by atoms with Gasteiger partial charge in [0.1, 0.15) is 19.3 Å². The minimum atomic E-state index is -4.43. The number of likely N-dealkylation sites (N-methyl/N-ethyl adjacent to an activating group) is 1. The molecule has 0 aliphatic rings. The van der Waals surface area contributed by atoms with Gasteiger partial charge in [0.25, 0.3) is 0 Å². The SMILES string of the molecule is CC/C=C\C/C=C\C/C=C\C/C=C\C/C=C\C/C=C\C/C=C\CCCCCCCCCCCC(=O)NC(COP(=O)(O)OCC[N+](C)(C)C)C(O)C(O)CCC/C=C/CCCCCCCCC. The lowest BCUT2D eigenvalue weighted by molar-refractivity contribution is -0.870. The van der Waals surface area contributed by atoms with E-state index >= 15 is 0 Å². The van der Waals surface area contributed by atoms with Crippen LogP contribution in [-0.2, 0) is 18.4 Å². The molecule has 0 aromatic heterocycles. The molecule has 0 rings (SSSR count). The fourth-order valence-electron chi connectivity index (χ4n) is 7.18. The number of phosphoric ester groups is 1. The molecule has 67 heavy (non-hydrogen) atoms. The van der Waals surface area contributed by atoms with Crippen LogP contribution in [0.15, 0.2) is 97.2 Å². The van der Waals surface area contributed by atoms with Crippen molar-refractivity contribution in [1.29, 1.82) is 0 Å². The van der Waals surface area contributed by atoms with Gasteiger partial charge in [-0.25, -0.2) is 4.57 Å². The molecule has 10 heteroatoms. The number of quaternary nitrogens is 1. The van der Waals surface area contributed by atoms with Crippen molar-refractivity contribution in [3.8, 4) is 0 Å². The smallest absolute Gasteiger partial charge is 0.390 e. The van der Waals surface area contributed by atoms with Gasteiger partial charge >= 0.3 is 7.82 Å². The molecule has 0 bridgehead atoms. The Hall–Kier alpha value is -2.62. The largest absolute Gasteiger partial charge is 0.472 e. The van der Waals surface area contributed by atoms with E-state index in [1.165, 1.54) is 77.0 Å². The van der Waals surface area contributed by atoms with Crippen molar-refractivity contribution in [1.82, 2.24) is 5.32 Å². The fraction of sp³-hybridized carbons (Fsp3) is 0.702. The van der Waals surface area contributed by atoms with Crippen molar-refractivity contribution in [3.63, 3.8) is 0 Å². The number of aliphatic hydroxyl groups is 2. The van der Waals surface area contributed by atoms with Crippen LogP contribution in [0.3, 0.4) is 0 Å². The highest BCUT2D eigenvalue weighted by atomic mass is 31.2. The second kappa shape index (κ2) is 47.1. The van der Waals surface area contributed by atoms with Gasteiger partial charge in [-0.15, -0.1) is 0 Å². The van der Waals surface area contributed by atoms with E-state index < -0.39 is 32.7 Å². The van der Waals surface area contributed by atoms with Gasteiger partial charge in [0.05, 0.1) is 39.9 Å². The van der Waals surface area contributed by atoms with Gasteiger partial charge in [0, 0.05) is 6.42 Å². The lowest BCUT2D eigenvalue weighted by Crippen LogP contribution is -2.51. The van der Waals surface area contributed by atoms with E-state index in [4.69, 9.17) is 9.05 Å². The Bertz CT molecular complexity index is 1430. The van der Waals surface area contributed by atoms with Crippen LogP contribution >= 0.6 is 7.82 Å². The van der Waals surface area contributed by atoms with Gasteiger partial charge in [0.2, 0.25) is 5.91 Å². The Kier molecular flexibility index (Phi) is 45.2. The van der Waals surface area contributed by atoms with Gasteiger partial charge in [-0.3, -0.25) is 13.8 Å². The summed E-state index contributed by atoms with van der Waals surface area (Å²) in [6.45, 7) is 4.44. The highest BCUT2D eigenvalue weighted by Gasteiger charge is 2.31. The summed E-state index contributed by atoms with van der Waals surface area (Å²) in [7, 11) is 1.40. The summed E-state index contributed by atoms with van der Waals surface area (Å²) in [4.78, 5) is 23.3. The van der Waals surface area contributed by atoms with Crippen molar-refractivity contribution < 1.29 is 38.0 Å². The first-order valence-electron chi connectivity index (χ1n) is 26.7. The van der Waals surface area contributed by atoms with E-state index in [1.807, 2.05) is 21.1 Å². The molecule has 0 fully saturated rings. The minimum Gasteiger partial charge on any atom is -0.390 e. The zero-order valence-corrected chi connectivity index (χ0v) is 44.4. The Morgan fingerprint density at radius 3 is 1.37 bits per heavy atom. The predicted octanol–water partition coefficient (Wildman–Crippen LogP) is 14.8. The molecule has 0 aromatic carbocycles. The molecule has 4 N–H and O–H groups in total. The summed E-state index contributed by atoms with van der Waals surface area (Å²) in [5.41, 5.74) is 0. The molecule has 4 atom stereocenters.